The van der Waals surface area contributed by atoms with Crippen molar-refractivity contribution in [3.8, 4) is 17.0 Å². The Labute approximate surface area is 262 Å². The van der Waals surface area contributed by atoms with E-state index in [2.05, 4.69) is 49.0 Å². The van der Waals surface area contributed by atoms with E-state index in [4.69, 9.17) is 4.74 Å². The number of aryl methyl sites for hydroxylation is 2. The van der Waals surface area contributed by atoms with E-state index < -0.39 is 0 Å². The molecule has 5 aromatic rings. The predicted molar refractivity (Wildman–Crippen MR) is 177 cm³/mol. The molecule has 0 aliphatic carbocycles. The molecule has 3 N–H and O–H groups in total. The van der Waals surface area contributed by atoms with Crippen LogP contribution in [0.5, 0.6) is 5.75 Å². The molecule has 43 heavy (non-hydrogen) atoms. The van der Waals surface area contributed by atoms with Crippen LogP contribution in [0.2, 0.25) is 0 Å². The molecule has 0 aliphatic rings. The second-order valence-electron chi connectivity index (χ2n) is 9.65. The number of ether oxygens (including phenoxy) is 1. The summed E-state index contributed by atoms with van der Waals surface area (Å²) in [7, 11) is 0. The van der Waals surface area contributed by atoms with Gasteiger partial charge in [0, 0.05) is 27.9 Å². The Morgan fingerprint density at radius 2 is 1.74 bits per heavy atom. The van der Waals surface area contributed by atoms with Crippen LogP contribution in [0.1, 0.15) is 27.0 Å². The van der Waals surface area contributed by atoms with Gasteiger partial charge >= 0.3 is 0 Å². The van der Waals surface area contributed by atoms with Crippen LogP contribution in [0.25, 0.3) is 11.3 Å². The van der Waals surface area contributed by atoms with E-state index in [0.717, 1.165) is 38.9 Å². The van der Waals surface area contributed by atoms with E-state index in [1.807, 2.05) is 73.0 Å². The highest BCUT2D eigenvalue weighted by molar-refractivity contribution is 9.10. The third-order valence-electron chi connectivity index (χ3n) is 6.36. The fourth-order valence-corrected chi connectivity index (χ4v) is 5.25. The highest BCUT2D eigenvalue weighted by Crippen LogP contribution is 2.28. The number of nitrogens with one attached hydrogen (secondary N) is 3. The number of hydrazone groups is 1. The van der Waals surface area contributed by atoms with Crippen molar-refractivity contribution in [2.75, 3.05) is 17.2 Å². The molecule has 1 heterocycles. The Morgan fingerprint density at radius 3 is 2.49 bits per heavy atom. The molecular formula is C33H28BrN5O3S. The summed E-state index contributed by atoms with van der Waals surface area (Å²) < 4.78 is 6.31. The molecule has 5 rings (SSSR count). The van der Waals surface area contributed by atoms with Crippen LogP contribution >= 0.6 is 27.3 Å². The first-order valence-corrected chi connectivity index (χ1v) is 15.0. The molecule has 0 bridgehead atoms. The second kappa shape index (κ2) is 13.9. The summed E-state index contributed by atoms with van der Waals surface area (Å²) in [6.45, 7) is 3.84. The number of nitrogens with zero attached hydrogens (tertiary/aromatic N) is 2. The highest BCUT2D eigenvalue weighted by atomic mass is 79.9. The lowest BCUT2D eigenvalue weighted by Gasteiger charge is -2.10. The highest BCUT2D eigenvalue weighted by Gasteiger charge is 2.10. The zero-order valence-electron chi connectivity index (χ0n) is 23.4. The van der Waals surface area contributed by atoms with E-state index in [-0.39, 0.29) is 18.4 Å². The van der Waals surface area contributed by atoms with Crippen LogP contribution in [0.15, 0.2) is 106 Å². The maximum Gasteiger partial charge on any atom is 0.271 e. The van der Waals surface area contributed by atoms with Crippen molar-refractivity contribution in [1.82, 2.24) is 10.4 Å². The minimum Gasteiger partial charge on any atom is -0.483 e. The van der Waals surface area contributed by atoms with Crippen LogP contribution in [0.3, 0.4) is 0 Å². The lowest BCUT2D eigenvalue weighted by Crippen LogP contribution is -2.20. The molecule has 2 amide bonds. The van der Waals surface area contributed by atoms with Crippen molar-refractivity contribution < 1.29 is 14.3 Å². The standard InChI is InChI=1S/C33H28BrN5O3S/c1-21-7-14-26(15-8-21)36-33-38-29(20-43-33)24-10-12-25(13-11-24)32(41)39-35-18-23-9-16-30(27(34)17-23)42-19-31(40)37-28-6-4-3-5-22(28)2/h3-18,20H,19H2,1-2H3,(H,36,38)(H,37,40)(H,39,41)/b35-18+. The van der Waals surface area contributed by atoms with Gasteiger partial charge in [-0.05, 0) is 89.4 Å². The molecule has 0 radical (unpaired) electrons. The zero-order chi connectivity index (χ0) is 30.2. The average molecular weight is 655 g/mol. The molecule has 4 aromatic carbocycles. The second-order valence-corrected chi connectivity index (χ2v) is 11.4. The van der Waals surface area contributed by atoms with Crippen molar-refractivity contribution in [2.24, 2.45) is 5.10 Å². The Hall–Kier alpha value is -4.80. The number of anilines is 3. The lowest BCUT2D eigenvalue weighted by atomic mass is 10.1. The van der Waals surface area contributed by atoms with E-state index in [0.29, 0.717) is 15.8 Å². The van der Waals surface area contributed by atoms with Gasteiger partial charge in [-0.3, -0.25) is 9.59 Å². The number of amides is 2. The lowest BCUT2D eigenvalue weighted by molar-refractivity contribution is -0.118. The van der Waals surface area contributed by atoms with Gasteiger partial charge < -0.3 is 15.4 Å². The fourth-order valence-electron chi connectivity index (χ4n) is 4.00. The van der Waals surface area contributed by atoms with Gasteiger partial charge in [-0.2, -0.15) is 5.10 Å². The van der Waals surface area contributed by atoms with Crippen LogP contribution < -0.4 is 20.8 Å². The first kappa shape index (κ1) is 29.7. The van der Waals surface area contributed by atoms with Gasteiger partial charge in [0.15, 0.2) is 11.7 Å². The van der Waals surface area contributed by atoms with E-state index in [1.54, 1.807) is 30.3 Å². The first-order chi connectivity index (χ1) is 20.8. The Morgan fingerprint density at radius 1 is 0.977 bits per heavy atom. The van der Waals surface area contributed by atoms with Crippen LogP contribution in [-0.2, 0) is 4.79 Å². The topological polar surface area (TPSA) is 105 Å². The number of halogens is 1. The summed E-state index contributed by atoms with van der Waals surface area (Å²) in [4.78, 5) is 29.6. The summed E-state index contributed by atoms with van der Waals surface area (Å²) in [5, 5.41) is 13.0. The van der Waals surface area contributed by atoms with Crippen LogP contribution in [0.4, 0.5) is 16.5 Å². The summed E-state index contributed by atoms with van der Waals surface area (Å²) in [6, 6.07) is 28.2. The molecule has 1 aromatic heterocycles. The van der Waals surface area contributed by atoms with Crippen molar-refractivity contribution in [2.45, 2.75) is 13.8 Å². The van der Waals surface area contributed by atoms with E-state index in [9.17, 15) is 9.59 Å². The largest absolute Gasteiger partial charge is 0.483 e. The quantitative estimate of drug-likeness (QED) is 0.106. The minimum atomic E-state index is -0.332. The van der Waals surface area contributed by atoms with Gasteiger partial charge in [0.1, 0.15) is 5.75 Å². The maximum atomic E-state index is 12.6. The van der Waals surface area contributed by atoms with Crippen molar-refractivity contribution >= 4 is 61.8 Å². The number of rotatable bonds is 10. The van der Waals surface area contributed by atoms with Gasteiger partial charge in [-0.25, -0.2) is 10.4 Å². The Balaban J connectivity index is 1.11. The van der Waals surface area contributed by atoms with Gasteiger partial charge in [0.25, 0.3) is 11.8 Å². The van der Waals surface area contributed by atoms with Crippen LogP contribution in [-0.4, -0.2) is 29.6 Å². The number of benzene rings is 4. The smallest absolute Gasteiger partial charge is 0.271 e. The summed E-state index contributed by atoms with van der Waals surface area (Å²) in [5.41, 5.74) is 9.40. The van der Waals surface area contributed by atoms with Gasteiger partial charge in [-0.1, -0.05) is 48.0 Å². The summed E-state index contributed by atoms with van der Waals surface area (Å²) in [6.07, 6.45) is 1.53. The summed E-state index contributed by atoms with van der Waals surface area (Å²) in [5.74, 6) is -0.0742. The molecule has 216 valence electrons. The number of thiazole rings is 1. The normalized spacial score (nSPS) is 10.9. The molecule has 10 heteroatoms. The number of carbonyl (C=O) groups is 2. The van der Waals surface area contributed by atoms with Gasteiger partial charge in [0.05, 0.1) is 16.4 Å². The van der Waals surface area contributed by atoms with Gasteiger partial charge in [-0.15, -0.1) is 11.3 Å². The molecule has 8 nitrogen and oxygen atoms in total. The van der Waals surface area contributed by atoms with Crippen LogP contribution in [0, 0.1) is 13.8 Å². The monoisotopic (exact) mass is 653 g/mol. The van der Waals surface area contributed by atoms with Crippen molar-refractivity contribution in [3.05, 3.63) is 123 Å². The Bertz CT molecular complexity index is 1770. The molecular weight excluding hydrogens is 626 g/mol. The van der Waals surface area contributed by atoms with Gasteiger partial charge in [0.2, 0.25) is 0 Å². The number of hydrogen-bond acceptors (Lipinski definition) is 7. The minimum absolute atomic E-state index is 0.136. The van der Waals surface area contributed by atoms with E-state index in [1.165, 1.54) is 23.1 Å². The maximum absolute atomic E-state index is 12.6. The number of carbonyl (C=O) groups excluding carboxylic acids is 2. The first-order valence-electron chi connectivity index (χ1n) is 13.3. The van der Waals surface area contributed by atoms with Crippen molar-refractivity contribution in [3.63, 3.8) is 0 Å². The molecule has 0 saturated carbocycles. The van der Waals surface area contributed by atoms with E-state index >= 15 is 0 Å². The summed E-state index contributed by atoms with van der Waals surface area (Å²) >= 11 is 4.99. The zero-order valence-corrected chi connectivity index (χ0v) is 25.8. The average Bonchev–Trinajstić information content (AvgIpc) is 3.47. The SMILES string of the molecule is Cc1ccc(Nc2nc(-c3ccc(C(=O)N/N=C/c4ccc(OCC(=O)Nc5ccccc5C)c(Br)c4)cc3)cs2)cc1. The molecule has 0 atom stereocenters. The molecule has 0 spiro atoms. The van der Waals surface area contributed by atoms with Crippen molar-refractivity contribution in [1.29, 1.82) is 0 Å². The molecule has 0 aliphatic heterocycles. The number of aromatic nitrogens is 1. The molecule has 0 saturated heterocycles. The molecule has 0 fully saturated rings. The third kappa shape index (κ3) is 8.15. The Kier molecular flexibility index (Phi) is 9.60. The fraction of sp³-hybridized carbons (Fsp3) is 0.0909. The third-order valence-corrected chi connectivity index (χ3v) is 7.74. The predicted octanol–water partition coefficient (Wildman–Crippen LogP) is 7.71. The number of para-hydroxylation sites is 1. The number of hydrogen-bond donors (Lipinski definition) is 3. The molecule has 0 unspecified atom stereocenters.